The number of nitrogens with one attached hydrogen (secondary N) is 1. The van der Waals surface area contributed by atoms with Gasteiger partial charge in [-0.25, -0.2) is 8.42 Å². The predicted molar refractivity (Wildman–Crippen MR) is 126 cm³/mol. The van der Waals surface area contributed by atoms with Gasteiger partial charge in [0.05, 0.1) is 10.6 Å². The van der Waals surface area contributed by atoms with Crippen LogP contribution < -0.4 is 9.62 Å². The Bertz CT molecular complexity index is 1170. The highest BCUT2D eigenvalue weighted by atomic mass is 35.5. The van der Waals surface area contributed by atoms with Gasteiger partial charge in [-0.1, -0.05) is 54.4 Å². The van der Waals surface area contributed by atoms with Gasteiger partial charge in [0.25, 0.3) is 10.0 Å². The van der Waals surface area contributed by atoms with Crippen molar-refractivity contribution in [2.75, 3.05) is 16.2 Å². The molecule has 0 bridgehead atoms. The number of aryl methyl sites for hydroxylation is 3. The Morgan fingerprint density at radius 1 is 0.968 bits per heavy atom. The predicted octanol–water partition coefficient (Wildman–Crippen LogP) is 5.35. The van der Waals surface area contributed by atoms with Crippen LogP contribution in [0.5, 0.6) is 0 Å². The minimum absolute atomic E-state index is 0.106. The van der Waals surface area contributed by atoms with Crippen molar-refractivity contribution >= 4 is 38.9 Å². The van der Waals surface area contributed by atoms with Gasteiger partial charge in [-0.2, -0.15) is 0 Å². The van der Waals surface area contributed by atoms with Crippen LogP contribution in [-0.2, 0) is 21.2 Å². The zero-order chi connectivity index (χ0) is 22.6. The van der Waals surface area contributed by atoms with Crippen LogP contribution in [0, 0.1) is 13.8 Å². The summed E-state index contributed by atoms with van der Waals surface area (Å²) in [5, 5.41) is 3.20. The molecule has 0 fully saturated rings. The van der Waals surface area contributed by atoms with Crippen LogP contribution in [-0.4, -0.2) is 20.9 Å². The minimum atomic E-state index is -3.98. The van der Waals surface area contributed by atoms with Gasteiger partial charge >= 0.3 is 0 Å². The lowest BCUT2D eigenvalue weighted by molar-refractivity contribution is -0.114. The summed E-state index contributed by atoms with van der Waals surface area (Å²) in [6.45, 7) is 5.38. The van der Waals surface area contributed by atoms with Gasteiger partial charge in [-0.05, 0) is 67.8 Å². The van der Waals surface area contributed by atoms with E-state index in [1.54, 1.807) is 42.5 Å². The first-order valence-corrected chi connectivity index (χ1v) is 11.8. The summed E-state index contributed by atoms with van der Waals surface area (Å²) in [5.41, 5.74) is 3.84. The molecule has 1 N–H and O–H groups in total. The molecular weight excluding hydrogens is 432 g/mol. The first kappa shape index (κ1) is 22.8. The smallest absolute Gasteiger partial charge is 0.264 e. The molecule has 0 unspecified atom stereocenters. The average Bonchev–Trinajstić information content (AvgIpc) is 2.75. The summed E-state index contributed by atoms with van der Waals surface area (Å²) < 4.78 is 27.9. The molecule has 31 heavy (non-hydrogen) atoms. The van der Waals surface area contributed by atoms with Crippen molar-refractivity contribution < 1.29 is 13.2 Å². The van der Waals surface area contributed by atoms with Crippen LogP contribution in [0.4, 0.5) is 11.4 Å². The monoisotopic (exact) mass is 456 g/mol. The standard InChI is InChI=1S/C24H25ClN2O3S/c1-4-19-8-10-20(11-9-19)26-24(28)16-27(21-12-7-18(3)23(25)15-21)31(29,30)22-13-5-17(2)6-14-22/h5-15H,4,16H2,1-3H3,(H,26,28). The summed E-state index contributed by atoms with van der Waals surface area (Å²) >= 11 is 6.25. The Kier molecular flexibility index (Phi) is 7.03. The number of hydrogen-bond donors (Lipinski definition) is 1. The number of rotatable bonds is 7. The summed E-state index contributed by atoms with van der Waals surface area (Å²) in [4.78, 5) is 12.9. The van der Waals surface area contributed by atoms with Crippen molar-refractivity contribution in [3.63, 3.8) is 0 Å². The maximum atomic E-state index is 13.4. The number of carbonyl (C=O) groups is 1. The van der Waals surface area contributed by atoms with Gasteiger partial charge < -0.3 is 5.32 Å². The number of hydrogen-bond acceptors (Lipinski definition) is 3. The molecule has 1 amide bonds. The number of carbonyl (C=O) groups excluding carboxylic acids is 1. The van der Waals surface area contributed by atoms with E-state index in [9.17, 15) is 13.2 Å². The zero-order valence-electron chi connectivity index (χ0n) is 17.7. The zero-order valence-corrected chi connectivity index (χ0v) is 19.3. The molecule has 5 nitrogen and oxygen atoms in total. The van der Waals surface area contributed by atoms with Crippen LogP contribution in [0.3, 0.4) is 0 Å². The molecule has 0 aliphatic heterocycles. The van der Waals surface area contributed by atoms with Gasteiger partial charge in [0.2, 0.25) is 5.91 Å². The van der Waals surface area contributed by atoms with E-state index in [1.807, 2.05) is 32.9 Å². The third-order valence-electron chi connectivity index (χ3n) is 4.99. The minimum Gasteiger partial charge on any atom is -0.325 e. The second kappa shape index (κ2) is 9.54. The van der Waals surface area contributed by atoms with Gasteiger partial charge in [0, 0.05) is 10.7 Å². The molecule has 3 rings (SSSR count). The number of anilines is 2. The van der Waals surface area contributed by atoms with E-state index in [2.05, 4.69) is 5.32 Å². The molecule has 3 aromatic carbocycles. The van der Waals surface area contributed by atoms with Crippen LogP contribution in [0.25, 0.3) is 0 Å². The van der Waals surface area contributed by atoms with Crippen LogP contribution in [0.15, 0.2) is 71.6 Å². The van der Waals surface area contributed by atoms with Crippen molar-refractivity contribution in [3.8, 4) is 0 Å². The molecule has 162 valence electrons. The average molecular weight is 457 g/mol. The summed E-state index contributed by atoms with van der Waals surface area (Å²) in [6, 6.07) is 18.9. The van der Waals surface area contributed by atoms with Gasteiger partial charge in [-0.3, -0.25) is 9.10 Å². The maximum absolute atomic E-state index is 13.4. The normalized spacial score (nSPS) is 11.2. The maximum Gasteiger partial charge on any atom is 0.264 e. The van der Waals surface area contributed by atoms with E-state index >= 15 is 0 Å². The highest BCUT2D eigenvalue weighted by molar-refractivity contribution is 7.92. The highest BCUT2D eigenvalue weighted by Gasteiger charge is 2.27. The fraction of sp³-hybridized carbons (Fsp3) is 0.208. The third-order valence-corrected chi connectivity index (χ3v) is 7.18. The lowest BCUT2D eigenvalue weighted by Crippen LogP contribution is -2.38. The summed E-state index contributed by atoms with van der Waals surface area (Å²) in [7, 11) is -3.98. The van der Waals surface area contributed by atoms with Crippen molar-refractivity contribution in [1.29, 1.82) is 0 Å². The van der Waals surface area contributed by atoms with E-state index < -0.39 is 15.9 Å². The van der Waals surface area contributed by atoms with Crippen LogP contribution >= 0.6 is 11.6 Å². The van der Waals surface area contributed by atoms with Crippen LogP contribution in [0.2, 0.25) is 5.02 Å². The lowest BCUT2D eigenvalue weighted by atomic mass is 10.1. The Labute approximate surface area is 188 Å². The fourth-order valence-corrected chi connectivity index (χ4v) is 4.63. The van der Waals surface area contributed by atoms with Gasteiger partial charge in [0.1, 0.15) is 6.54 Å². The van der Waals surface area contributed by atoms with Crippen molar-refractivity contribution in [2.45, 2.75) is 32.1 Å². The lowest BCUT2D eigenvalue weighted by Gasteiger charge is -2.24. The molecule has 0 spiro atoms. The van der Waals surface area contributed by atoms with Gasteiger partial charge in [0.15, 0.2) is 0 Å². The second-order valence-corrected chi connectivity index (χ2v) is 9.63. The summed E-state index contributed by atoms with van der Waals surface area (Å²) in [6.07, 6.45) is 0.894. The number of nitrogens with zero attached hydrogens (tertiary/aromatic N) is 1. The Morgan fingerprint density at radius 2 is 1.61 bits per heavy atom. The molecular formula is C24H25ClN2O3S. The Morgan fingerprint density at radius 3 is 2.19 bits per heavy atom. The number of benzene rings is 3. The molecule has 0 aliphatic rings. The molecule has 0 atom stereocenters. The SMILES string of the molecule is CCc1ccc(NC(=O)CN(c2ccc(C)c(Cl)c2)S(=O)(=O)c2ccc(C)cc2)cc1. The molecule has 7 heteroatoms. The molecule has 3 aromatic rings. The molecule has 0 saturated carbocycles. The Hall–Kier alpha value is -2.83. The van der Waals surface area contributed by atoms with E-state index in [0.717, 1.165) is 27.4 Å². The van der Waals surface area contributed by atoms with Crippen molar-refractivity contribution in [3.05, 3.63) is 88.4 Å². The summed E-state index contributed by atoms with van der Waals surface area (Å²) in [5.74, 6) is -0.448. The van der Waals surface area contributed by atoms with Crippen molar-refractivity contribution in [2.24, 2.45) is 0 Å². The van der Waals surface area contributed by atoms with E-state index in [-0.39, 0.29) is 11.4 Å². The number of amides is 1. The number of sulfonamides is 1. The van der Waals surface area contributed by atoms with E-state index in [4.69, 9.17) is 11.6 Å². The molecule has 0 saturated heterocycles. The largest absolute Gasteiger partial charge is 0.325 e. The number of halogens is 1. The highest BCUT2D eigenvalue weighted by Crippen LogP contribution is 2.28. The first-order valence-electron chi connectivity index (χ1n) is 9.95. The topological polar surface area (TPSA) is 66.5 Å². The molecule has 0 aliphatic carbocycles. The second-order valence-electron chi connectivity index (χ2n) is 7.36. The van der Waals surface area contributed by atoms with Gasteiger partial charge in [-0.15, -0.1) is 0 Å². The van der Waals surface area contributed by atoms with Crippen LogP contribution in [0.1, 0.15) is 23.6 Å². The molecule has 0 aromatic heterocycles. The van der Waals surface area contributed by atoms with Crippen molar-refractivity contribution in [1.82, 2.24) is 0 Å². The van der Waals surface area contributed by atoms with E-state index in [1.165, 1.54) is 12.1 Å². The third kappa shape index (κ3) is 5.46. The fourth-order valence-electron chi connectivity index (χ4n) is 3.04. The quantitative estimate of drug-likeness (QED) is 0.520. The molecule has 0 radical (unpaired) electrons. The van der Waals surface area contributed by atoms with E-state index in [0.29, 0.717) is 16.4 Å². The first-order chi connectivity index (χ1) is 14.7. The molecule has 0 heterocycles. The Balaban J connectivity index is 1.94.